The molecule has 0 bridgehead atoms. The van der Waals surface area contributed by atoms with Crippen molar-refractivity contribution < 1.29 is 9.18 Å². The highest BCUT2D eigenvalue weighted by Gasteiger charge is 2.22. The fourth-order valence-corrected chi connectivity index (χ4v) is 2.83. The van der Waals surface area contributed by atoms with E-state index in [1.54, 1.807) is 29.9 Å². The highest BCUT2D eigenvalue weighted by Crippen LogP contribution is 2.20. The third-order valence-corrected chi connectivity index (χ3v) is 4.20. The molecule has 0 radical (unpaired) electrons. The number of nitrogens with one attached hydrogen (secondary N) is 1. The van der Waals surface area contributed by atoms with Crippen LogP contribution in [0.1, 0.15) is 32.0 Å². The summed E-state index contributed by atoms with van der Waals surface area (Å²) in [6.07, 6.45) is 1.63. The van der Waals surface area contributed by atoms with Crippen molar-refractivity contribution in [2.45, 2.75) is 46.3 Å². The number of amides is 1. The van der Waals surface area contributed by atoms with Crippen molar-refractivity contribution >= 4 is 16.8 Å². The minimum Gasteiger partial charge on any atom is -0.350 e. The summed E-state index contributed by atoms with van der Waals surface area (Å²) in [5.41, 5.74) is 1.09. The van der Waals surface area contributed by atoms with Gasteiger partial charge in [0.1, 0.15) is 17.9 Å². The van der Waals surface area contributed by atoms with Crippen LogP contribution >= 0.6 is 0 Å². The molecule has 1 N–H and O–H groups in total. The molecule has 3 rings (SSSR count). The first-order valence-corrected chi connectivity index (χ1v) is 8.64. The minimum atomic E-state index is -0.378. The van der Waals surface area contributed by atoms with Crippen LogP contribution in [0, 0.1) is 12.7 Å². The molecule has 2 heterocycles. The van der Waals surface area contributed by atoms with E-state index in [1.807, 2.05) is 20.8 Å². The molecule has 142 valence electrons. The Labute approximate surface area is 155 Å². The lowest BCUT2D eigenvalue weighted by molar-refractivity contribution is -0.122. The Kier molecular flexibility index (Phi) is 4.82. The summed E-state index contributed by atoms with van der Waals surface area (Å²) in [7, 11) is 0. The summed E-state index contributed by atoms with van der Waals surface area (Å²) in [6.45, 7) is 7.68. The Morgan fingerprint density at radius 3 is 2.52 bits per heavy atom. The van der Waals surface area contributed by atoms with E-state index >= 15 is 0 Å². The number of carbonyl (C=O) groups excluding carboxylic acids is 1. The van der Waals surface area contributed by atoms with Gasteiger partial charge in [-0.2, -0.15) is 10.2 Å². The lowest BCUT2D eigenvalue weighted by Gasteiger charge is -2.20. The fraction of sp³-hybridized carbons (Fsp3) is 0.368. The fourth-order valence-electron chi connectivity index (χ4n) is 2.83. The normalized spacial score (nSPS) is 11.7. The van der Waals surface area contributed by atoms with Gasteiger partial charge in [-0.25, -0.2) is 9.07 Å². The molecule has 1 amide bonds. The van der Waals surface area contributed by atoms with E-state index in [0.717, 1.165) is 10.2 Å². The number of aryl methyl sites for hydroxylation is 1. The van der Waals surface area contributed by atoms with E-state index in [2.05, 4.69) is 15.5 Å². The molecule has 0 aliphatic heterocycles. The van der Waals surface area contributed by atoms with Gasteiger partial charge in [0.2, 0.25) is 5.91 Å². The molecule has 0 aliphatic rings. The highest BCUT2D eigenvalue weighted by atomic mass is 19.1. The molecule has 2 aromatic heterocycles. The van der Waals surface area contributed by atoms with Crippen LogP contribution in [0.25, 0.3) is 10.9 Å². The molecule has 7 nitrogen and oxygen atoms in total. The number of rotatable bonds is 4. The number of hydrogen-bond acceptors (Lipinski definition) is 4. The highest BCUT2D eigenvalue weighted by molar-refractivity contribution is 5.81. The number of hydrogen-bond donors (Lipinski definition) is 1. The van der Waals surface area contributed by atoms with Crippen molar-refractivity contribution in [1.29, 1.82) is 0 Å². The van der Waals surface area contributed by atoms with Gasteiger partial charge in [0, 0.05) is 11.9 Å². The maximum absolute atomic E-state index is 12.9. The van der Waals surface area contributed by atoms with Crippen LogP contribution in [0.3, 0.4) is 0 Å². The molecule has 8 heteroatoms. The molecular formula is C19H22FN5O2. The Bertz CT molecular complexity index is 1040. The molecule has 1 aromatic carbocycles. The zero-order valence-corrected chi connectivity index (χ0v) is 15.8. The van der Waals surface area contributed by atoms with Crippen molar-refractivity contribution in [3.8, 4) is 0 Å². The Balaban J connectivity index is 1.84. The first kappa shape index (κ1) is 18.8. The van der Waals surface area contributed by atoms with Crippen molar-refractivity contribution in [3.63, 3.8) is 0 Å². The SMILES string of the molecule is Cc1nn(CC(=O)NCc2ccc(F)cc2)c(=O)c2c1cnn2C(C)(C)C. The molecule has 0 aliphatic carbocycles. The van der Waals surface area contributed by atoms with Crippen LogP contribution in [0.15, 0.2) is 35.3 Å². The topological polar surface area (TPSA) is 81.8 Å². The predicted octanol–water partition coefficient (Wildman–Crippen LogP) is 2.11. The van der Waals surface area contributed by atoms with Crippen molar-refractivity contribution in [3.05, 3.63) is 57.9 Å². The molecule has 27 heavy (non-hydrogen) atoms. The quantitative estimate of drug-likeness (QED) is 0.762. The van der Waals surface area contributed by atoms with Crippen LogP contribution in [0.2, 0.25) is 0 Å². The third kappa shape index (κ3) is 3.89. The third-order valence-electron chi connectivity index (χ3n) is 4.20. The maximum Gasteiger partial charge on any atom is 0.293 e. The van der Waals surface area contributed by atoms with Gasteiger partial charge in [0.15, 0.2) is 0 Å². The van der Waals surface area contributed by atoms with Crippen LogP contribution < -0.4 is 10.9 Å². The average Bonchev–Trinajstić information content (AvgIpc) is 3.05. The molecular weight excluding hydrogens is 349 g/mol. The molecule has 0 saturated heterocycles. The first-order valence-electron chi connectivity index (χ1n) is 8.64. The van der Waals surface area contributed by atoms with E-state index in [1.165, 1.54) is 12.1 Å². The second-order valence-electron chi connectivity index (χ2n) is 7.44. The molecule has 0 unspecified atom stereocenters. The van der Waals surface area contributed by atoms with Crippen LogP contribution in [-0.4, -0.2) is 25.5 Å². The van der Waals surface area contributed by atoms with Gasteiger partial charge in [-0.05, 0) is 45.4 Å². The van der Waals surface area contributed by atoms with Crippen LogP contribution in [-0.2, 0) is 23.4 Å². The van der Waals surface area contributed by atoms with E-state index in [4.69, 9.17) is 0 Å². The van der Waals surface area contributed by atoms with Gasteiger partial charge in [-0.1, -0.05) is 12.1 Å². The summed E-state index contributed by atoms with van der Waals surface area (Å²) < 4.78 is 15.7. The number of benzene rings is 1. The second-order valence-corrected chi connectivity index (χ2v) is 7.44. The smallest absolute Gasteiger partial charge is 0.293 e. The first-order chi connectivity index (χ1) is 12.7. The number of halogens is 1. The summed E-state index contributed by atoms with van der Waals surface area (Å²) in [5, 5.41) is 12.0. The number of aromatic nitrogens is 4. The number of carbonyl (C=O) groups is 1. The van der Waals surface area contributed by atoms with E-state index < -0.39 is 0 Å². The van der Waals surface area contributed by atoms with Gasteiger partial charge in [-0.3, -0.25) is 14.3 Å². The predicted molar refractivity (Wildman–Crippen MR) is 99.8 cm³/mol. The van der Waals surface area contributed by atoms with Crippen molar-refractivity contribution in [2.24, 2.45) is 0 Å². The summed E-state index contributed by atoms with van der Waals surface area (Å²) in [6, 6.07) is 5.85. The summed E-state index contributed by atoms with van der Waals surface area (Å²) in [4.78, 5) is 25.1. The standard InChI is InChI=1S/C19H22FN5O2/c1-12-15-10-22-25(19(2,3)4)17(15)18(27)24(23-12)11-16(26)21-9-13-5-7-14(20)8-6-13/h5-8,10H,9,11H2,1-4H3,(H,21,26). The summed E-state index contributed by atoms with van der Waals surface area (Å²) >= 11 is 0. The monoisotopic (exact) mass is 371 g/mol. The van der Waals surface area contributed by atoms with Gasteiger partial charge in [0.05, 0.1) is 17.4 Å². The van der Waals surface area contributed by atoms with Crippen molar-refractivity contribution in [2.75, 3.05) is 0 Å². The van der Waals surface area contributed by atoms with E-state index in [-0.39, 0.29) is 35.9 Å². The van der Waals surface area contributed by atoms with Gasteiger partial charge < -0.3 is 5.32 Å². The summed E-state index contributed by atoms with van der Waals surface area (Å²) in [5.74, 6) is -0.686. The maximum atomic E-state index is 12.9. The second kappa shape index (κ2) is 6.94. The zero-order chi connectivity index (χ0) is 19.8. The van der Waals surface area contributed by atoms with Crippen molar-refractivity contribution in [1.82, 2.24) is 24.9 Å². The molecule has 3 aromatic rings. The lowest BCUT2D eigenvalue weighted by Crippen LogP contribution is -2.35. The Hall–Kier alpha value is -3.03. The number of nitrogens with zero attached hydrogens (tertiary/aromatic N) is 4. The molecule has 0 atom stereocenters. The minimum absolute atomic E-state index is 0.202. The lowest BCUT2D eigenvalue weighted by atomic mass is 10.1. The molecule has 0 saturated carbocycles. The Morgan fingerprint density at radius 2 is 1.89 bits per heavy atom. The van der Waals surface area contributed by atoms with Gasteiger partial charge >= 0.3 is 0 Å². The average molecular weight is 371 g/mol. The van der Waals surface area contributed by atoms with E-state index in [0.29, 0.717) is 16.6 Å². The van der Waals surface area contributed by atoms with Crippen LogP contribution in [0.5, 0.6) is 0 Å². The largest absolute Gasteiger partial charge is 0.350 e. The zero-order valence-electron chi connectivity index (χ0n) is 15.8. The van der Waals surface area contributed by atoms with E-state index in [9.17, 15) is 14.0 Å². The molecule has 0 fully saturated rings. The Morgan fingerprint density at radius 1 is 1.22 bits per heavy atom. The number of fused-ring (bicyclic) bond motifs is 1. The van der Waals surface area contributed by atoms with Gasteiger partial charge in [-0.15, -0.1) is 0 Å². The van der Waals surface area contributed by atoms with Crippen LogP contribution in [0.4, 0.5) is 4.39 Å². The molecule has 0 spiro atoms. The van der Waals surface area contributed by atoms with Gasteiger partial charge in [0.25, 0.3) is 5.56 Å².